The third-order valence-corrected chi connectivity index (χ3v) is 4.54. The van der Waals surface area contributed by atoms with E-state index in [1.807, 2.05) is 0 Å². The third-order valence-electron chi connectivity index (χ3n) is 2.71. The van der Waals surface area contributed by atoms with Gasteiger partial charge in [0.2, 0.25) is 10.0 Å². The highest BCUT2D eigenvalue weighted by Crippen LogP contribution is 2.16. The van der Waals surface area contributed by atoms with Crippen molar-refractivity contribution in [3.63, 3.8) is 0 Å². The minimum Gasteiger partial charge on any atom is -0.478 e. The summed E-state index contributed by atoms with van der Waals surface area (Å²) in [7, 11) is -0.566. The van der Waals surface area contributed by atoms with Crippen LogP contribution in [0.15, 0.2) is 41.6 Å². The molecular formula is C12H13N3O4S. The SMILES string of the molecule is CN(C)S(=O)(=O)c1ccc(-n2cc(C(=O)O)cn2)cc1. The number of carboxylic acids is 1. The summed E-state index contributed by atoms with van der Waals surface area (Å²) in [6.45, 7) is 0. The van der Waals surface area contributed by atoms with E-state index in [0.29, 0.717) is 5.69 Å². The molecule has 1 heterocycles. The average molecular weight is 295 g/mol. The lowest BCUT2D eigenvalue weighted by Gasteiger charge is -2.11. The fourth-order valence-corrected chi connectivity index (χ4v) is 2.46. The van der Waals surface area contributed by atoms with Gasteiger partial charge in [-0.25, -0.2) is 22.2 Å². The van der Waals surface area contributed by atoms with Crippen molar-refractivity contribution in [2.45, 2.75) is 4.90 Å². The average Bonchev–Trinajstić information content (AvgIpc) is 2.88. The molecule has 0 spiro atoms. The number of carbonyl (C=O) groups is 1. The van der Waals surface area contributed by atoms with Crippen molar-refractivity contribution in [3.8, 4) is 5.69 Å². The molecule has 20 heavy (non-hydrogen) atoms. The maximum absolute atomic E-state index is 11.9. The molecule has 2 rings (SSSR count). The smallest absolute Gasteiger partial charge is 0.338 e. The number of nitrogens with zero attached hydrogens (tertiary/aromatic N) is 3. The van der Waals surface area contributed by atoms with Crippen LogP contribution < -0.4 is 0 Å². The third kappa shape index (κ3) is 2.56. The van der Waals surface area contributed by atoms with E-state index in [0.717, 1.165) is 4.31 Å². The first-order valence-corrected chi connectivity index (χ1v) is 7.07. The van der Waals surface area contributed by atoms with Crippen molar-refractivity contribution in [3.05, 3.63) is 42.2 Å². The molecule has 0 unspecified atom stereocenters. The molecular weight excluding hydrogens is 282 g/mol. The fourth-order valence-electron chi connectivity index (χ4n) is 1.56. The van der Waals surface area contributed by atoms with Crippen LogP contribution in [-0.4, -0.2) is 47.7 Å². The zero-order chi connectivity index (χ0) is 14.9. The van der Waals surface area contributed by atoms with Gasteiger partial charge in [-0.15, -0.1) is 0 Å². The van der Waals surface area contributed by atoms with Crippen LogP contribution in [0.5, 0.6) is 0 Å². The molecule has 0 aliphatic rings. The van der Waals surface area contributed by atoms with E-state index in [9.17, 15) is 13.2 Å². The number of benzene rings is 1. The second-order valence-corrected chi connectivity index (χ2v) is 6.41. The summed E-state index contributed by atoms with van der Waals surface area (Å²) >= 11 is 0. The Morgan fingerprint density at radius 2 is 1.85 bits per heavy atom. The van der Waals surface area contributed by atoms with Crippen molar-refractivity contribution in [2.75, 3.05) is 14.1 Å². The molecule has 0 aliphatic heterocycles. The van der Waals surface area contributed by atoms with Crippen LogP contribution in [0.1, 0.15) is 10.4 Å². The molecule has 1 aromatic carbocycles. The molecule has 0 atom stereocenters. The molecule has 8 heteroatoms. The van der Waals surface area contributed by atoms with Crippen LogP contribution in [0.3, 0.4) is 0 Å². The van der Waals surface area contributed by atoms with Gasteiger partial charge in [0, 0.05) is 20.3 Å². The highest BCUT2D eigenvalue weighted by molar-refractivity contribution is 7.89. The Hall–Kier alpha value is -2.19. The Kier molecular flexibility index (Phi) is 3.60. The van der Waals surface area contributed by atoms with Gasteiger partial charge in [0.25, 0.3) is 0 Å². The molecule has 0 fully saturated rings. The highest BCUT2D eigenvalue weighted by atomic mass is 32.2. The topological polar surface area (TPSA) is 92.5 Å². The molecule has 0 saturated heterocycles. The number of hydrogen-bond donors (Lipinski definition) is 1. The Balaban J connectivity index is 2.35. The van der Waals surface area contributed by atoms with Gasteiger partial charge in [0.15, 0.2) is 0 Å². The van der Waals surface area contributed by atoms with Crippen LogP contribution >= 0.6 is 0 Å². The van der Waals surface area contributed by atoms with Crippen LogP contribution in [0.2, 0.25) is 0 Å². The van der Waals surface area contributed by atoms with Crippen LogP contribution in [0, 0.1) is 0 Å². The number of aromatic carboxylic acids is 1. The second kappa shape index (κ2) is 5.06. The Morgan fingerprint density at radius 1 is 1.25 bits per heavy atom. The number of aromatic nitrogens is 2. The molecule has 7 nitrogen and oxygen atoms in total. The molecule has 1 N–H and O–H groups in total. The second-order valence-electron chi connectivity index (χ2n) is 4.26. The Bertz CT molecular complexity index is 732. The minimum atomic E-state index is -3.47. The zero-order valence-electron chi connectivity index (χ0n) is 10.9. The lowest BCUT2D eigenvalue weighted by atomic mass is 10.3. The largest absolute Gasteiger partial charge is 0.478 e. The molecule has 1 aromatic heterocycles. The van der Waals surface area contributed by atoms with Gasteiger partial charge in [-0.1, -0.05) is 0 Å². The molecule has 2 aromatic rings. The van der Waals surface area contributed by atoms with Crippen LogP contribution in [-0.2, 0) is 10.0 Å². The van der Waals surface area contributed by atoms with Crippen LogP contribution in [0.4, 0.5) is 0 Å². The first kappa shape index (κ1) is 14.2. The first-order valence-electron chi connectivity index (χ1n) is 5.63. The van der Waals surface area contributed by atoms with E-state index < -0.39 is 16.0 Å². The molecule has 0 bridgehead atoms. The summed E-state index contributed by atoms with van der Waals surface area (Å²) < 4.78 is 26.3. The van der Waals surface area contributed by atoms with Crippen molar-refractivity contribution in [2.24, 2.45) is 0 Å². The molecule has 0 amide bonds. The van der Waals surface area contributed by atoms with Gasteiger partial charge < -0.3 is 5.11 Å². The summed E-state index contributed by atoms with van der Waals surface area (Å²) in [5, 5.41) is 12.7. The summed E-state index contributed by atoms with van der Waals surface area (Å²) in [6, 6.07) is 6.03. The summed E-state index contributed by atoms with van der Waals surface area (Å²) in [5.41, 5.74) is 0.644. The summed E-state index contributed by atoms with van der Waals surface area (Å²) in [6.07, 6.45) is 2.59. The zero-order valence-corrected chi connectivity index (χ0v) is 11.7. The summed E-state index contributed by atoms with van der Waals surface area (Å²) in [5.74, 6) is -1.07. The number of rotatable bonds is 4. The van der Waals surface area contributed by atoms with Gasteiger partial charge in [-0.05, 0) is 24.3 Å². The van der Waals surface area contributed by atoms with E-state index in [1.165, 1.54) is 43.3 Å². The maximum atomic E-state index is 11.9. The van der Waals surface area contributed by atoms with Crippen LogP contribution in [0.25, 0.3) is 5.69 Å². The van der Waals surface area contributed by atoms with Gasteiger partial charge in [-0.2, -0.15) is 5.10 Å². The minimum absolute atomic E-state index is 0.0648. The lowest BCUT2D eigenvalue weighted by molar-refractivity contribution is 0.0697. The van der Waals surface area contributed by atoms with Gasteiger partial charge in [-0.3, -0.25) is 0 Å². The van der Waals surface area contributed by atoms with Crippen molar-refractivity contribution < 1.29 is 18.3 Å². The summed E-state index contributed by atoms with van der Waals surface area (Å²) in [4.78, 5) is 10.9. The standard InChI is InChI=1S/C12H13N3O4S/c1-14(2)20(18,19)11-5-3-10(4-6-11)15-8-9(7-13-15)12(16)17/h3-8H,1-2H3,(H,16,17). The fraction of sp³-hybridized carbons (Fsp3) is 0.167. The lowest BCUT2D eigenvalue weighted by Crippen LogP contribution is -2.22. The quantitative estimate of drug-likeness (QED) is 0.901. The molecule has 0 aliphatic carbocycles. The van der Waals surface area contributed by atoms with E-state index in [-0.39, 0.29) is 10.5 Å². The molecule has 106 valence electrons. The monoisotopic (exact) mass is 295 g/mol. The molecule has 0 saturated carbocycles. The number of hydrogen-bond acceptors (Lipinski definition) is 4. The van der Waals surface area contributed by atoms with Gasteiger partial charge in [0.05, 0.1) is 22.3 Å². The predicted octanol–water partition coefficient (Wildman–Crippen LogP) is 0.821. The first-order chi connectivity index (χ1) is 9.32. The van der Waals surface area contributed by atoms with E-state index >= 15 is 0 Å². The highest BCUT2D eigenvalue weighted by Gasteiger charge is 2.17. The molecule has 0 radical (unpaired) electrons. The Morgan fingerprint density at radius 3 is 2.30 bits per heavy atom. The number of sulfonamides is 1. The number of carboxylic acid groups (broad SMARTS) is 1. The van der Waals surface area contributed by atoms with E-state index in [1.54, 1.807) is 12.1 Å². The van der Waals surface area contributed by atoms with Gasteiger partial charge in [0.1, 0.15) is 0 Å². The van der Waals surface area contributed by atoms with Crippen molar-refractivity contribution in [1.82, 2.24) is 14.1 Å². The maximum Gasteiger partial charge on any atom is 0.338 e. The van der Waals surface area contributed by atoms with Crippen molar-refractivity contribution >= 4 is 16.0 Å². The van der Waals surface area contributed by atoms with Gasteiger partial charge >= 0.3 is 5.97 Å². The normalized spacial score (nSPS) is 11.8. The predicted molar refractivity (Wildman–Crippen MR) is 71.4 cm³/mol. The van der Waals surface area contributed by atoms with E-state index in [4.69, 9.17) is 5.11 Å². The Labute approximate surface area is 116 Å². The van der Waals surface area contributed by atoms with E-state index in [2.05, 4.69) is 5.10 Å². The van der Waals surface area contributed by atoms with Crippen molar-refractivity contribution in [1.29, 1.82) is 0 Å².